The van der Waals surface area contributed by atoms with Crippen LogP contribution in [0.4, 0.5) is 19.1 Å². The summed E-state index contributed by atoms with van der Waals surface area (Å²) in [6.45, 7) is 6.43. The van der Waals surface area contributed by atoms with Crippen LogP contribution in [-0.2, 0) is 10.7 Å². The first-order valence-electron chi connectivity index (χ1n) is 8.94. The van der Waals surface area contributed by atoms with Gasteiger partial charge in [-0.2, -0.15) is 13.2 Å². The lowest BCUT2D eigenvalue weighted by Crippen LogP contribution is -2.29. The molecule has 10 heteroatoms. The van der Waals surface area contributed by atoms with E-state index in [0.717, 1.165) is 6.20 Å². The highest BCUT2D eigenvalue weighted by Gasteiger charge is 2.36. The molecule has 3 rings (SSSR count). The normalized spacial score (nSPS) is 14.8. The first kappa shape index (κ1) is 21.3. The molecule has 156 valence electrons. The van der Waals surface area contributed by atoms with Crippen molar-refractivity contribution in [3.8, 4) is 11.3 Å². The van der Waals surface area contributed by atoms with Crippen LogP contribution in [0.25, 0.3) is 22.2 Å². The van der Waals surface area contributed by atoms with Gasteiger partial charge in [0.15, 0.2) is 0 Å². The molecule has 0 amide bonds. The standard InChI is InChI=1S/C19H22F3N4O2P/c1-10(11(2)27)25-18-24-9-14(19(20,21)22)16(26-18)13-8-23-17-12(13)6-5-7-15(17)29(3,4)28/h5-11,23,27H,1-4H3,(H,24,25,26)/t10-,11?/m0/s1. The van der Waals surface area contributed by atoms with E-state index in [2.05, 4.69) is 20.3 Å². The Balaban J connectivity index is 2.22. The van der Waals surface area contributed by atoms with Gasteiger partial charge < -0.3 is 20.0 Å². The number of aromatic amines is 1. The molecule has 2 atom stereocenters. The minimum atomic E-state index is -4.66. The van der Waals surface area contributed by atoms with Crippen molar-refractivity contribution >= 4 is 29.3 Å². The summed E-state index contributed by atoms with van der Waals surface area (Å²) in [5, 5.41) is 13.5. The fourth-order valence-corrected chi connectivity index (χ4v) is 4.14. The van der Waals surface area contributed by atoms with E-state index in [1.54, 1.807) is 45.4 Å². The number of fused-ring (bicyclic) bond motifs is 1. The Labute approximate surface area is 166 Å². The van der Waals surface area contributed by atoms with Crippen molar-refractivity contribution in [2.24, 2.45) is 0 Å². The summed E-state index contributed by atoms with van der Waals surface area (Å²) < 4.78 is 53.5. The van der Waals surface area contributed by atoms with E-state index >= 15 is 0 Å². The Bertz CT molecular complexity index is 1090. The SMILES string of the molecule is CC(O)[C@H](C)Nc1ncc(C(F)(F)F)c(-c2c[nH]c3c(P(C)(C)=O)cccc23)n1. The van der Waals surface area contributed by atoms with Crippen LogP contribution in [0.5, 0.6) is 0 Å². The van der Waals surface area contributed by atoms with E-state index in [1.165, 1.54) is 6.20 Å². The van der Waals surface area contributed by atoms with Crippen molar-refractivity contribution in [2.75, 3.05) is 18.6 Å². The molecule has 0 saturated heterocycles. The lowest BCUT2D eigenvalue weighted by Gasteiger charge is -2.18. The molecule has 0 spiro atoms. The maximum absolute atomic E-state index is 13.6. The van der Waals surface area contributed by atoms with Crippen molar-refractivity contribution in [1.29, 1.82) is 0 Å². The van der Waals surface area contributed by atoms with Crippen LogP contribution in [0.15, 0.2) is 30.6 Å². The van der Waals surface area contributed by atoms with Crippen LogP contribution in [0.2, 0.25) is 0 Å². The van der Waals surface area contributed by atoms with Gasteiger partial charge in [0.2, 0.25) is 5.95 Å². The highest BCUT2D eigenvalue weighted by molar-refractivity contribution is 7.70. The second kappa shape index (κ2) is 7.46. The summed E-state index contributed by atoms with van der Waals surface area (Å²) in [7, 11) is -2.65. The van der Waals surface area contributed by atoms with Gasteiger partial charge in [0.1, 0.15) is 12.7 Å². The maximum Gasteiger partial charge on any atom is 0.419 e. The largest absolute Gasteiger partial charge is 0.419 e. The summed E-state index contributed by atoms with van der Waals surface area (Å²) in [5.41, 5.74) is -0.513. The molecule has 3 N–H and O–H groups in total. The van der Waals surface area contributed by atoms with Gasteiger partial charge in [-0.05, 0) is 33.2 Å². The topological polar surface area (TPSA) is 90.9 Å². The van der Waals surface area contributed by atoms with Crippen molar-refractivity contribution in [1.82, 2.24) is 15.0 Å². The Morgan fingerprint density at radius 2 is 1.93 bits per heavy atom. The highest BCUT2D eigenvalue weighted by Crippen LogP contribution is 2.41. The minimum absolute atomic E-state index is 0.0245. The third-order valence-electron chi connectivity index (χ3n) is 4.70. The molecule has 6 nitrogen and oxygen atoms in total. The summed E-state index contributed by atoms with van der Waals surface area (Å²) in [4.78, 5) is 10.8. The molecule has 3 aromatic rings. The number of anilines is 1. The van der Waals surface area contributed by atoms with Crippen LogP contribution >= 0.6 is 7.14 Å². The van der Waals surface area contributed by atoms with Crippen LogP contribution in [0.1, 0.15) is 19.4 Å². The van der Waals surface area contributed by atoms with Gasteiger partial charge in [-0.3, -0.25) is 0 Å². The van der Waals surface area contributed by atoms with Crippen LogP contribution in [0.3, 0.4) is 0 Å². The number of nitrogens with zero attached hydrogens (tertiary/aromatic N) is 2. The average Bonchev–Trinajstić information content (AvgIpc) is 3.03. The number of aromatic nitrogens is 3. The van der Waals surface area contributed by atoms with Gasteiger partial charge in [0.25, 0.3) is 0 Å². The van der Waals surface area contributed by atoms with Crippen LogP contribution in [-0.4, -0.2) is 45.5 Å². The second-order valence-corrected chi connectivity index (χ2v) is 10.6. The number of nitrogens with one attached hydrogen (secondary N) is 2. The van der Waals surface area contributed by atoms with Crippen LogP contribution < -0.4 is 10.6 Å². The number of H-pyrrole nitrogens is 1. The number of alkyl halides is 3. The fourth-order valence-electron chi connectivity index (χ4n) is 2.97. The molecule has 1 aromatic carbocycles. The monoisotopic (exact) mass is 426 g/mol. The first-order chi connectivity index (χ1) is 13.4. The Morgan fingerprint density at radius 1 is 1.24 bits per heavy atom. The number of hydrogen-bond donors (Lipinski definition) is 3. The first-order valence-corrected chi connectivity index (χ1v) is 11.5. The molecular weight excluding hydrogens is 404 g/mol. The quantitative estimate of drug-likeness (QED) is 0.535. The number of para-hydroxylation sites is 1. The summed E-state index contributed by atoms with van der Waals surface area (Å²) in [6.07, 6.45) is -3.24. The molecule has 0 aliphatic rings. The van der Waals surface area contributed by atoms with Crippen molar-refractivity contribution in [3.05, 3.63) is 36.2 Å². The molecule has 0 radical (unpaired) electrons. The Kier molecular flexibility index (Phi) is 5.49. The number of halogens is 3. The van der Waals surface area contributed by atoms with Gasteiger partial charge >= 0.3 is 6.18 Å². The summed E-state index contributed by atoms with van der Waals surface area (Å²) >= 11 is 0. The number of aliphatic hydroxyl groups is 1. The zero-order valence-corrected chi connectivity index (χ0v) is 17.3. The number of hydrogen-bond acceptors (Lipinski definition) is 5. The number of aliphatic hydroxyl groups excluding tert-OH is 1. The van der Waals surface area contributed by atoms with E-state index in [0.29, 0.717) is 16.2 Å². The zero-order valence-electron chi connectivity index (χ0n) is 16.4. The van der Waals surface area contributed by atoms with E-state index in [1.807, 2.05) is 0 Å². The summed E-state index contributed by atoms with van der Waals surface area (Å²) in [6, 6.07) is 4.57. The maximum atomic E-state index is 13.6. The van der Waals surface area contributed by atoms with Gasteiger partial charge in [0, 0.05) is 28.6 Å². The molecule has 0 fully saturated rings. The van der Waals surface area contributed by atoms with Crippen molar-refractivity contribution in [2.45, 2.75) is 32.2 Å². The van der Waals surface area contributed by atoms with E-state index in [4.69, 9.17) is 0 Å². The van der Waals surface area contributed by atoms with Gasteiger partial charge in [-0.15, -0.1) is 0 Å². The lowest BCUT2D eigenvalue weighted by molar-refractivity contribution is -0.137. The molecule has 29 heavy (non-hydrogen) atoms. The van der Waals surface area contributed by atoms with Gasteiger partial charge in [0.05, 0.1) is 23.4 Å². The average molecular weight is 426 g/mol. The van der Waals surface area contributed by atoms with Crippen molar-refractivity contribution < 1.29 is 22.8 Å². The molecule has 0 bridgehead atoms. The smallest absolute Gasteiger partial charge is 0.391 e. The number of benzene rings is 1. The Morgan fingerprint density at radius 3 is 2.52 bits per heavy atom. The molecular formula is C19H22F3N4O2P. The molecule has 2 heterocycles. The van der Waals surface area contributed by atoms with Crippen molar-refractivity contribution in [3.63, 3.8) is 0 Å². The minimum Gasteiger partial charge on any atom is -0.391 e. The van der Waals surface area contributed by atoms with E-state index in [-0.39, 0.29) is 17.2 Å². The lowest BCUT2D eigenvalue weighted by atomic mass is 10.1. The summed E-state index contributed by atoms with van der Waals surface area (Å²) in [5.74, 6) is -0.0245. The van der Waals surface area contributed by atoms with E-state index < -0.39 is 31.0 Å². The van der Waals surface area contributed by atoms with Gasteiger partial charge in [-0.25, -0.2) is 9.97 Å². The fraction of sp³-hybridized carbons (Fsp3) is 0.368. The number of rotatable bonds is 5. The molecule has 0 saturated carbocycles. The predicted molar refractivity (Wildman–Crippen MR) is 108 cm³/mol. The van der Waals surface area contributed by atoms with Crippen LogP contribution in [0, 0.1) is 0 Å². The molecule has 2 aromatic heterocycles. The third kappa shape index (κ3) is 4.31. The third-order valence-corrected chi connectivity index (χ3v) is 6.24. The molecule has 1 unspecified atom stereocenters. The second-order valence-electron chi connectivity index (χ2n) is 7.38. The molecule has 0 aliphatic heterocycles. The van der Waals surface area contributed by atoms with E-state index in [9.17, 15) is 22.8 Å². The predicted octanol–water partition coefficient (Wildman–Crippen LogP) is 4.07. The van der Waals surface area contributed by atoms with Gasteiger partial charge in [-0.1, -0.05) is 12.1 Å². The zero-order chi connectivity index (χ0) is 21.6. The Hall–Kier alpha value is -2.38. The molecule has 0 aliphatic carbocycles. The highest BCUT2D eigenvalue weighted by atomic mass is 31.2.